The second kappa shape index (κ2) is 4.80. The first-order chi connectivity index (χ1) is 7.72. The summed E-state index contributed by atoms with van der Waals surface area (Å²) in [4.78, 5) is 4.28. The number of ether oxygens (including phenoxy) is 1. The zero-order valence-electron chi connectivity index (χ0n) is 9.57. The van der Waals surface area contributed by atoms with Gasteiger partial charge >= 0.3 is 0 Å². The first kappa shape index (κ1) is 11.4. The van der Waals surface area contributed by atoms with Crippen molar-refractivity contribution in [2.75, 3.05) is 20.2 Å². The van der Waals surface area contributed by atoms with Gasteiger partial charge in [-0.15, -0.1) is 0 Å². The molecule has 1 aromatic rings. The number of aliphatic hydroxyl groups is 1. The first-order valence-electron chi connectivity index (χ1n) is 5.64. The van der Waals surface area contributed by atoms with E-state index in [2.05, 4.69) is 10.3 Å². The maximum absolute atomic E-state index is 10.3. The smallest absolute Gasteiger partial charge is 0.137 e. The average molecular weight is 222 g/mol. The molecular weight excluding hydrogens is 204 g/mol. The first-order valence-corrected chi connectivity index (χ1v) is 5.64. The minimum absolute atomic E-state index is 0.601. The van der Waals surface area contributed by atoms with Crippen LogP contribution in [-0.4, -0.2) is 35.9 Å². The van der Waals surface area contributed by atoms with Crippen LogP contribution in [0.3, 0.4) is 0 Å². The number of nitrogens with one attached hydrogen (secondary N) is 1. The van der Waals surface area contributed by atoms with Crippen LogP contribution in [-0.2, 0) is 6.42 Å². The second-order valence-electron chi connectivity index (χ2n) is 4.37. The minimum Gasteiger partial charge on any atom is -0.495 e. The summed E-state index contributed by atoms with van der Waals surface area (Å²) in [7, 11) is 1.62. The third kappa shape index (κ3) is 2.71. The largest absolute Gasteiger partial charge is 0.495 e. The van der Waals surface area contributed by atoms with Crippen molar-refractivity contribution in [3.05, 3.63) is 24.0 Å². The Morgan fingerprint density at radius 3 is 3.00 bits per heavy atom. The topological polar surface area (TPSA) is 54.4 Å². The van der Waals surface area contributed by atoms with Crippen molar-refractivity contribution >= 4 is 0 Å². The Bertz CT molecular complexity index is 331. The molecule has 4 heteroatoms. The Morgan fingerprint density at radius 1 is 1.56 bits per heavy atom. The summed E-state index contributed by atoms with van der Waals surface area (Å²) >= 11 is 0. The van der Waals surface area contributed by atoms with E-state index in [0.29, 0.717) is 13.0 Å². The fraction of sp³-hybridized carbons (Fsp3) is 0.583. The lowest BCUT2D eigenvalue weighted by Crippen LogP contribution is -2.47. The molecule has 4 nitrogen and oxygen atoms in total. The predicted octanol–water partition coefficient (Wildman–Crippen LogP) is 0.747. The van der Waals surface area contributed by atoms with Crippen molar-refractivity contribution in [3.63, 3.8) is 0 Å². The van der Waals surface area contributed by atoms with Gasteiger partial charge in [0.25, 0.3) is 0 Å². The summed E-state index contributed by atoms with van der Waals surface area (Å²) in [6, 6.07) is 3.79. The molecule has 0 bridgehead atoms. The number of pyridine rings is 1. The zero-order chi connectivity index (χ0) is 11.4. The fourth-order valence-electron chi connectivity index (χ4n) is 2.08. The van der Waals surface area contributed by atoms with Gasteiger partial charge in [-0.3, -0.25) is 4.98 Å². The molecule has 0 aliphatic carbocycles. The Hall–Kier alpha value is -1.13. The summed E-state index contributed by atoms with van der Waals surface area (Å²) in [6.45, 7) is 1.65. The van der Waals surface area contributed by atoms with Crippen LogP contribution in [0.4, 0.5) is 0 Å². The SMILES string of the molecule is COc1ccc(CC2(O)CCCNC2)nc1. The highest BCUT2D eigenvalue weighted by Crippen LogP contribution is 2.21. The van der Waals surface area contributed by atoms with E-state index in [4.69, 9.17) is 4.74 Å². The van der Waals surface area contributed by atoms with Crippen molar-refractivity contribution in [3.8, 4) is 5.75 Å². The van der Waals surface area contributed by atoms with Crippen LogP contribution in [0.15, 0.2) is 18.3 Å². The molecule has 0 aromatic carbocycles. The van der Waals surface area contributed by atoms with E-state index >= 15 is 0 Å². The molecule has 1 unspecified atom stereocenters. The molecule has 0 amide bonds. The number of nitrogens with zero attached hydrogens (tertiary/aromatic N) is 1. The van der Waals surface area contributed by atoms with Crippen LogP contribution in [0.1, 0.15) is 18.5 Å². The van der Waals surface area contributed by atoms with E-state index in [1.165, 1.54) is 0 Å². The number of piperidine rings is 1. The van der Waals surface area contributed by atoms with Crippen molar-refractivity contribution < 1.29 is 9.84 Å². The van der Waals surface area contributed by atoms with E-state index in [1.807, 2.05) is 12.1 Å². The molecular formula is C12H18N2O2. The standard InChI is InChI=1S/C12H18N2O2/c1-16-11-4-3-10(14-8-11)7-12(15)5-2-6-13-9-12/h3-4,8,13,15H,2,5-7,9H2,1H3. The number of hydrogen-bond acceptors (Lipinski definition) is 4. The summed E-state index contributed by atoms with van der Waals surface area (Å²) in [6.07, 6.45) is 4.15. The van der Waals surface area contributed by atoms with E-state index in [9.17, 15) is 5.11 Å². The molecule has 1 saturated heterocycles. The highest BCUT2D eigenvalue weighted by molar-refractivity contribution is 5.20. The number of methoxy groups -OCH3 is 1. The maximum atomic E-state index is 10.3. The number of aromatic nitrogens is 1. The van der Waals surface area contributed by atoms with Crippen molar-refractivity contribution in [2.24, 2.45) is 0 Å². The third-order valence-electron chi connectivity index (χ3n) is 2.99. The third-order valence-corrected chi connectivity index (χ3v) is 2.99. The molecule has 1 fully saturated rings. The van der Waals surface area contributed by atoms with Gasteiger partial charge in [0.2, 0.25) is 0 Å². The summed E-state index contributed by atoms with van der Waals surface area (Å²) in [5.74, 6) is 0.748. The molecule has 2 N–H and O–H groups in total. The van der Waals surface area contributed by atoms with Gasteiger partial charge in [0, 0.05) is 18.7 Å². The fourth-order valence-corrected chi connectivity index (χ4v) is 2.08. The van der Waals surface area contributed by atoms with Crippen molar-refractivity contribution in [2.45, 2.75) is 24.9 Å². The van der Waals surface area contributed by atoms with Gasteiger partial charge < -0.3 is 15.2 Å². The average Bonchev–Trinajstić information content (AvgIpc) is 2.30. The lowest BCUT2D eigenvalue weighted by atomic mass is 9.89. The number of rotatable bonds is 3. The van der Waals surface area contributed by atoms with Gasteiger partial charge in [-0.1, -0.05) is 0 Å². The van der Waals surface area contributed by atoms with Crippen molar-refractivity contribution in [1.29, 1.82) is 0 Å². The molecule has 0 saturated carbocycles. The van der Waals surface area contributed by atoms with Gasteiger partial charge in [-0.05, 0) is 31.5 Å². The highest BCUT2D eigenvalue weighted by Gasteiger charge is 2.29. The van der Waals surface area contributed by atoms with E-state index in [-0.39, 0.29) is 0 Å². The van der Waals surface area contributed by atoms with Crippen LogP contribution >= 0.6 is 0 Å². The van der Waals surface area contributed by atoms with Crippen LogP contribution in [0, 0.1) is 0 Å². The normalized spacial score (nSPS) is 25.4. The molecule has 2 heterocycles. The van der Waals surface area contributed by atoms with Gasteiger partial charge in [0.1, 0.15) is 5.75 Å². The summed E-state index contributed by atoms with van der Waals surface area (Å²) in [5.41, 5.74) is 0.270. The molecule has 0 radical (unpaired) electrons. The van der Waals surface area contributed by atoms with Gasteiger partial charge in [-0.2, -0.15) is 0 Å². The van der Waals surface area contributed by atoms with Gasteiger partial charge in [0.05, 0.1) is 18.9 Å². The van der Waals surface area contributed by atoms with Crippen molar-refractivity contribution in [1.82, 2.24) is 10.3 Å². The lowest BCUT2D eigenvalue weighted by molar-refractivity contribution is 0.0161. The Balaban J connectivity index is 2.01. The predicted molar refractivity (Wildman–Crippen MR) is 61.5 cm³/mol. The molecule has 16 heavy (non-hydrogen) atoms. The Morgan fingerprint density at radius 2 is 2.44 bits per heavy atom. The van der Waals surface area contributed by atoms with Crippen LogP contribution in [0.2, 0.25) is 0 Å². The van der Waals surface area contributed by atoms with E-state index in [1.54, 1.807) is 13.3 Å². The molecule has 1 aliphatic heterocycles. The van der Waals surface area contributed by atoms with Gasteiger partial charge in [-0.25, -0.2) is 0 Å². The Labute approximate surface area is 95.7 Å². The minimum atomic E-state index is -0.639. The van der Waals surface area contributed by atoms with Crippen LogP contribution in [0.25, 0.3) is 0 Å². The molecule has 2 rings (SSSR count). The number of β-amino-alcohol motifs (C(OH)–C–C–N with tert-alkyl or cyclic N) is 1. The lowest BCUT2D eigenvalue weighted by Gasteiger charge is -2.32. The molecule has 88 valence electrons. The monoisotopic (exact) mass is 222 g/mol. The number of hydrogen-bond donors (Lipinski definition) is 2. The maximum Gasteiger partial charge on any atom is 0.137 e. The van der Waals surface area contributed by atoms with E-state index in [0.717, 1.165) is 30.8 Å². The second-order valence-corrected chi connectivity index (χ2v) is 4.37. The summed E-state index contributed by atoms with van der Waals surface area (Å²) in [5, 5.41) is 13.5. The van der Waals surface area contributed by atoms with Gasteiger partial charge in [0.15, 0.2) is 0 Å². The quantitative estimate of drug-likeness (QED) is 0.792. The highest BCUT2D eigenvalue weighted by atomic mass is 16.5. The molecule has 1 atom stereocenters. The van der Waals surface area contributed by atoms with E-state index < -0.39 is 5.60 Å². The molecule has 0 spiro atoms. The molecule has 1 aliphatic rings. The molecule has 1 aromatic heterocycles. The summed E-state index contributed by atoms with van der Waals surface area (Å²) < 4.78 is 5.05. The Kier molecular flexibility index (Phi) is 3.41. The zero-order valence-corrected chi connectivity index (χ0v) is 9.57. The van der Waals surface area contributed by atoms with Crippen LogP contribution in [0.5, 0.6) is 5.75 Å². The van der Waals surface area contributed by atoms with Crippen LogP contribution < -0.4 is 10.1 Å².